The summed E-state index contributed by atoms with van der Waals surface area (Å²) >= 11 is 0. The lowest BCUT2D eigenvalue weighted by Gasteiger charge is -2.35. The second-order valence-electron chi connectivity index (χ2n) is 6.27. The van der Waals surface area contributed by atoms with Crippen molar-refractivity contribution in [2.75, 3.05) is 26.2 Å². The van der Waals surface area contributed by atoms with Gasteiger partial charge in [0.15, 0.2) is 0 Å². The monoisotopic (exact) mass is 341 g/mol. The molecule has 0 radical (unpaired) electrons. The van der Waals surface area contributed by atoms with E-state index in [2.05, 4.69) is 45.7 Å². The van der Waals surface area contributed by atoms with Gasteiger partial charge in [0.05, 0.1) is 0 Å². The van der Waals surface area contributed by atoms with Crippen molar-refractivity contribution in [2.24, 2.45) is 5.92 Å². The maximum atomic E-state index is 3.47. The quantitative estimate of drug-likeness (QED) is 0.886. The number of H-pyrrole nitrogens is 1. The minimum Gasteiger partial charge on any atom is -0.361 e. The van der Waals surface area contributed by atoms with Crippen LogP contribution in [0.25, 0.3) is 10.9 Å². The summed E-state index contributed by atoms with van der Waals surface area (Å²) < 4.78 is 0. The first-order chi connectivity index (χ1) is 9.92. The van der Waals surface area contributed by atoms with Gasteiger partial charge in [-0.15, -0.1) is 24.8 Å². The van der Waals surface area contributed by atoms with Crippen LogP contribution >= 0.6 is 24.8 Å². The number of hydrogen-bond acceptors (Lipinski definition) is 2. The Kier molecular flexibility index (Phi) is 6.16. The highest BCUT2D eigenvalue weighted by Crippen LogP contribution is 2.41. The highest BCUT2D eigenvalue weighted by Gasteiger charge is 2.31. The van der Waals surface area contributed by atoms with Crippen LogP contribution in [0.2, 0.25) is 0 Å². The largest absolute Gasteiger partial charge is 0.361 e. The van der Waals surface area contributed by atoms with Crippen molar-refractivity contribution in [3.63, 3.8) is 0 Å². The molecule has 1 aliphatic carbocycles. The standard InChI is InChI=1S/C17H23N3.2ClH/c1-2-15(14-6-7-19-16(14)3-1)17(12-13-4-5-13)20-10-8-18-9-11-20;;/h1-3,6-7,13,17-19H,4-5,8-12H2;2*1H/t17-;;/m1../s1. The van der Waals surface area contributed by atoms with Gasteiger partial charge in [-0.1, -0.05) is 25.0 Å². The lowest BCUT2D eigenvalue weighted by molar-refractivity contribution is 0.161. The summed E-state index contributed by atoms with van der Waals surface area (Å²) in [5, 5.41) is 4.89. The van der Waals surface area contributed by atoms with E-state index < -0.39 is 0 Å². The molecule has 2 fully saturated rings. The Labute approximate surface area is 144 Å². The van der Waals surface area contributed by atoms with Crippen molar-refractivity contribution < 1.29 is 0 Å². The first-order valence-electron chi connectivity index (χ1n) is 7.92. The molecule has 0 bridgehead atoms. The van der Waals surface area contributed by atoms with E-state index in [1.807, 2.05) is 0 Å². The highest BCUT2D eigenvalue weighted by molar-refractivity contribution is 5.85. The van der Waals surface area contributed by atoms with Gasteiger partial charge in [-0.3, -0.25) is 4.90 Å². The third kappa shape index (κ3) is 3.60. The molecule has 2 aliphatic rings. The molecule has 3 nitrogen and oxygen atoms in total. The molecule has 1 saturated heterocycles. The van der Waals surface area contributed by atoms with E-state index in [1.165, 1.54) is 48.8 Å². The molecule has 4 rings (SSSR count). The first-order valence-corrected chi connectivity index (χ1v) is 7.92. The summed E-state index contributed by atoms with van der Waals surface area (Å²) in [5.41, 5.74) is 2.80. The van der Waals surface area contributed by atoms with Crippen LogP contribution in [0.1, 0.15) is 30.9 Å². The summed E-state index contributed by atoms with van der Waals surface area (Å²) in [6.45, 7) is 4.62. The van der Waals surface area contributed by atoms with Gasteiger partial charge in [0.25, 0.3) is 0 Å². The Morgan fingerprint density at radius 1 is 1.09 bits per heavy atom. The van der Waals surface area contributed by atoms with E-state index >= 15 is 0 Å². The smallest absolute Gasteiger partial charge is 0.0457 e. The van der Waals surface area contributed by atoms with Crippen molar-refractivity contribution in [2.45, 2.75) is 25.3 Å². The molecule has 1 aromatic carbocycles. The van der Waals surface area contributed by atoms with E-state index in [1.54, 1.807) is 0 Å². The summed E-state index contributed by atoms with van der Waals surface area (Å²) in [6, 6.07) is 9.57. The van der Waals surface area contributed by atoms with Gasteiger partial charge in [-0.2, -0.15) is 0 Å². The Hall–Kier alpha value is -0.740. The maximum Gasteiger partial charge on any atom is 0.0457 e. The number of nitrogens with one attached hydrogen (secondary N) is 2. The fraction of sp³-hybridized carbons (Fsp3) is 0.529. The van der Waals surface area contributed by atoms with Crippen LogP contribution in [-0.2, 0) is 0 Å². The van der Waals surface area contributed by atoms with Crippen LogP contribution in [-0.4, -0.2) is 36.1 Å². The zero-order chi connectivity index (χ0) is 13.4. The van der Waals surface area contributed by atoms with Gasteiger partial charge in [0.2, 0.25) is 0 Å². The summed E-state index contributed by atoms with van der Waals surface area (Å²) in [7, 11) is 0. The normalized spacial score (nSPS) is 20.2. The molecule has 1 aliphatic heterocycles. The molecule has 2 heterocycles. The van der Waals surface area contributed by atoms with Gasteiger partial charge >= 0.3 is 0 Å². The maximum absolute atomic E-state index is 3.47. The van der Waals surface area contributed by atoms with E-state index in [0.717, 1.165) is 19.0 Å². The highest BCUT2D eigenvalue weighted by atomic mass is 35.5. The van der Waals surface area contributed by atoms with Gasteiger partial charge < -0.3 is 10.3 Å². The van der Waals surface area contributed by atoms with Gasteiger partial charge in [0.1, 0.15) is 0 Å². The number of nitrogens with zero attached hydrogens (tertiary/aromatic N) is 1. The van der Waals surface area contributed by atoms with E-state index in [-0.39, 0.29) is 24.8 Å². The molecule has 2 aromatic rings. The zero-order valence-electron chi connectivity index (χ0n) is 12.8. The van der Waals surface area contributed by atoms with Crippen molar-refractivity contribution in [1.82, 2.24) is 15.2 Å². The second kappa shape index (κ2) is 7.69. The number of aromatic nitrogens is 1. The molecule has 22 heavy (non-hydrogen) atoms. The first kappa shape index (κ1) is 17.6. The minimum absolute atomic E-state index is 0. The predicted molar refractivity (Wildman–Crippen MR) is 97.3 cm³/mol. The number of benzene rings is 1. The molecule has 1 saturated carbocycles. The molecule has 122 valence electrons. The second-order valence-corrected chi connectivity index (χ2v) is 6.27. The molecule has 0 spiro atoms. The van der Waals surface area contributed by atoms with Crippen LogP contribution in [0.15, 0.2) is 30.5 Å². The third-order valence-electron chi connectivity index (χ3n) is 4.83. The molecular weight excluding hydrogens is 317 g/mol. The molecule has 1 atom stereocenters. The number of aromatic amines is 1. The summed E-state index contributed by atoms with van der Waals surface area (Å²) in [5.74, 6) is 0.962. The summed E-state index contributed by atoms with van der Waals surface area (Å²) in [4.78, 5) is 6.05. The van der Waals surface area contributed by atoms with Crippen molar-refractivity contribution in [1.29, 1.82) is 0 Å². The Balaban J connectivity index is 0.000000882. The lowest BCUT2D eigenvalue weighted by Crippen LogP contribution is -2.45. The summed E-state index contributed by atoms with van der Waals surface area (Å²) in [6.07, 6.45) is 6.28. The number of halogens is 2. The number of hydrogen-bond donors (Lipinski definition) is 2. The Morgan fingerprint density at radius 3 is 2.59 bits per heavy atom. The number of piperazine rings is 1. The van der Waals surface area contributed by atoms with Gasteiger partial charge in [-0.05, 0) is 30.0 Å². The lowest BCUT2D eigenvalue weighted by atomic mass is 9.96. The number of rotatable bonds is 4. The van der Waals surface area contributed by atoms with Crippen LogP contribution < -0.4 is 5.32 Å². The van der Waals surface area contributed by atoms with Crippen molar-refractivity contribution in [3.8, 4) is 0 Å². The van der Waals surface area contributed by atoms with Gasteiger partial charge in [-0.25, -0.2) is 0 Å². The molecular formula is C17H25Cl2N3. The number of fused-ring (bicyclic) bond motifs is 1. The zero-order valence-corrected chi connectivity index (χ0v) is 14.4. The van der Waals surface area contributed by atoms with E-state index in [4.69, 9.17) is 0 Å². The minimum atomic E-state index is 0. The molecule has 5 heteroatoms. The fourth-order valence-corrected chi connectivity index (χ4v) is 3.54. The van der Waals surface area contributed by atoms with Crippen molar-refractivity contribution in [3.05, 3.63) is 36.0 Å². The average Bonchev–Trinajstić information content (AvgIpc) is 3.19. The van der Waals surface area contributed by atoms with Gasteiger partial charge in [0, 0.05) is 49.3 Å². The van der Waals surface area contributed by atoms with E-state index in [0.29, 0.717) is 6.04 Å². The molecule has 0 amide bonds. The van der Waals surface area contributed by atoms with E-state index in [9.17, 15) is 0 Å². The Morgan fingerprint density at radius 2 is 1.86 bits per heavy atom. The third-order valence-corrected chi connectivity index (χ3v) is 4.83. The average molecular weight is 342 g/mol. The molecule has 1 aromatic heterocycles. The fourth-order valence-electron chi connectivity index (χ4n) is 3.54. The topological polar surface area (TPSA) is 31.1 Å². The van der Waals surface area contributed by atoms with Crippen LogP contribution in [0.5, 0.6) is 0 Å². The Bertz CT molecular complexity index is 588. The predicted octanol–water partition coefficient (Wildman–Crippen LogP) is 3.76. The molecule has 2 N–H and O–H groups in total. The molecule has 0 unspecified atom stereocenters. The van der Waals surface area contributed by atoms with Crippen LogP contribution in [0, 0.1) is 5.92 Å². The van der Waals surface area contributed by atoms with Crippen LogP contribution in [0.4, 0.5) is 0 Å². The van der Waals surface area contributed by atoms with Crippen molar-refractivity contribution >= 4 is 35.7 Å². The van der Waals surface area contributed by atoms with Crippen LogP contribution in [0.3, 0.4) is 0 Å². The SMILES string of the molecule is Cl.Cl.c1cc([C@@H](CC2CC2)N2CCNCC2)c2cc[nH]c2c1.